The Labute approximate surface area is 220 Å². The summed E-state index contributed by atoms with van der Waals surface area (Å²) in [5.74, 6) is 1.41. The van der Waals surface area contributed by atoms with Gasteiger partial charge in [-0.05, 0) is 76.1 Å². The maximum Gasteiger partial charge on any atom is 0.343 e. The Morgan fingerprint density at radius 2 is 1.47 bits per heavy atom. The van der Waals surface area contributed by atoms with Gasteiger partial charge in [0.2, 0.25) is 16.9 Å². The van der Waals surface area contributed by atoms with E-state index >= 15 is 0 Å². The monoisotopic (exact) mass is 518 g/mol. The molecule has 1 heterocycles. The van der Waals surface area contributed by atoms with Crippen molar-refractivity contribution in [1.82, 2.24) is 0 Å². The SMILES string of the molecule is CCOc1cc(C(=O)Oc2ccc3c(=O)c(Oc4cc(C)ccc4C)coc3c2)cc(OCC)c1OCC. The molecule has 4 aromatic rings. The smallest absolute Gasteiger partial charge is 0.343 e. The third-order valence-electron chi connectivity index (χ3n) is 5.63. The number of hydrogen-bond donors (Lipinski definition) is 0. The summed E-state index contributed by atoms with van der Waals surface area (Å²) in [6.07, 6.45) is 1.26. The molecule has 4 rings (SSSR count). The van der Waals surface area contributed by atoms with Gasteiger partial charge in [0.25, 0.3) is 0 Å². The largest absolute Gasteiger partial charge is 0.490 e. The fraction of sp³-hybridized carbons (Fsp3) is 0.267. The van der Waals surface area contributed by atoms with Gasteiger partial charge in [-0.25, -0.2) is 4.79 Å². The van der Waals surface area contributed by atoms with Gasteiger partial charge >= 0.3 is 5.97 Å². The maximum absolute atomic E-state index is 13.0. The number of hydrogen-bond acceptors (Lipinski definition) is 8. The summed E-state index contributed by atoms with van der Waals surface area (Å²) < 4.78 is 34.1. The Balaban J connectivity index is 1.61. The highest BCUT2D eigenvalue weighted by molar-refractivity contribution is 5.93. The summed E-state index contributed by atoms with van der Waals surface area (Å²) in [6, 6.07) is 13.4. The molecule has 8 nitrogen and oxygen atoms in total. The number of carbonyl (C=O) groups excluding carboxylic acids is 1. The minimum Gasteiger partial charge on any atom is -0.490 e. The second-order valence-electron chi connectivity index (χ2n) is 8.45. The second kappa shape index (κ2) is 11.7. The van der Waals surface area contributed by atoms with Gasteiger partial charge < -0.3 is 28.1 Å². The molecule has 0 amide bonds. The van der Waals surface area contributed by atoms with Crippen LogP contribution in [0.2, 0.25) is 0 Å². The van der Waals surface area contributed by atoms with Gasteiger partial charge in [-0.3, -0.25) is 4.79 Å². The van der Waals surface area contributed by atoms with E-state index in [1.165, 1.54) is 24.5 Å². The quantitative estimate of drug-likeness (QED) is 0.171. The van der Waals surface area contributed by atoms with E-state index in [0.717, 1.165) is 11.1 Å². The predicted octanol–water partition coefficient (Wildman–Crippen LogP) is 6.62. The number of ether oxygens (including phenoxy) is 5. The Morgan fingerprint density at radius 1 is 0.789 bits per heavy atom. The average molecular weight is 519 g/mol. The highest BCUT2D eigenvalue weighted by Crippen LogP contribution is 2.39. The van der Waals surface area contributed by atoms with Crippen molar-refractivity contribution in [3.05, 3.63) is 81.7 Å². The van der Waals surface area contributed by atoms with Gasteiger partial charge in [0, 0.05) is 6.07 Å². The molecular weight excluding hydrogens is 488 g/mol. The zero-order valence-corrected chi connectivity index (χ0v) is 22.1. The molecule has 0 fully saturated rings. The van der Waals surface area contributed by atoms with Crippen LogP contribution in [0.5, 0.6) is 34.5 Å². The lowest BCUT2D eigenvalue weighted by Gasteiger charge is -2.16. The molecule has 0 N–H and O–H groups in total. The van der Waals surface area contributed by atoms with Crippen LogP contribution in [0.3, 0.4) is 0 Å². The molecule has 0 bridgehead atoms. The van der Waals surface area contributed by atoms with Crippen LogP contribution in [0.25, 0.3) is 11.0 Å². The number of fused-ring (bicyclic) bond motifs is 1. The van der Waals surface area contributed by atoms with Crippen LogP contribution < -0.4 is 29.1 Å². The van der Waals surface area contributed by atoms with Crippen LogP contribution in [0.1, 0.15) is 42.3 Å². The van der Waals surface area contributed by atoms with E-state index in [1.54, 1.807) is 12.1 Å². The summed E-state index contributed by atoms with van der Waals surface area (Å²) in [5, 5.41) is 0.297. The Hall–Kier alpha value is -4.46. The lowest BCUT2D eigenvalue weighted by molar-refractivity contribution is 0.0733. The molecule has 198 valence electrons. The molecule has 0 atom stereocenters. The van der Waals surface area contributed by atoms with Crippen LogP contribution in [0.15, 0.2) is 64.0 Å². The van der Waals surface area contributed by atoms with E-state index < -0.39 is 5.97 Å². The van der Waals surface area contributed by atoms with E-state index in [2.05, 4.69) is 0 Å². The predicted molar refractivity (Wildman–Crippen MR) is 143 cm³/mol. The van der Waals surface area contributed by atoms with Crippen molar-refractivity contribution in [2.24, 2.45) is 0 Å². The topological polar surface area (TPSA) is 93.4 Å². The second-order valence-corrected chi connectivity index (χ2v) is 8.45. The highest BCUT2D eigenvalue weighted by atomic mass is 16.5. The first-order valence-electron chi connectivity index (χ1n) is 12.4. The van der Waals surface area contributed by atoms with Crippen molar-refractivity contribution in [3.63, 3.8) is 0 Å². The number of esters is 1. The number of carbonyl (C=O) groups is 1. The lowest BCUT2D eigenvalue weighted by Crippen LogP contribution is -2.11. The number of benzene rings is 3. The van der Waals surface area contributed by atoms with Crippen LogP contribution in [0.4, 0.5) is 0 Å². The van der Waals surface area contributed by atoms with E-state index in [1.807, 2.05) is 52.8 Å². The zero-order valence-electron chi connectivity index (χ0n) is 22.1. The first kappa shape index (κ1) is 26.6. The minimum absolute atomic E-state index is 0.0669. The van der Waals surface area contributed by atoms with Crippen LogP contribution in [-0.2, 0) is 0 Å². The molecule has 0 aliphatic rings. The third-order valence-corrected chi connectivity index (χ3v) is 5.63. The van der Waals surface area contributed by atoms with Crippen LogP contribution in [-0.4, -0.2) is 25.8 Å². The summed E-state index contributed by atoms with van der Waals surface area (Å²) in [7, 11) is 0. The number of aryl methyl sites for hydroxylation is 2. The molecule has 0 saturated carbocycles. The molecule has 0 saturated heterocycles. The average Bonchev–Trinajstić information content (AvgIpc) is 2.89. The molecule has 1 aromatic heterocycles. The van der Waals surface area contributed by atoms with Gasteiger partial charge in [0.15, 0.2) is 11.5 Å². The molecule has 0 radical (unpaired) electrons. The van der Waals surface area contributed by atoms with Gasteiger partial charge in [0.1, 0.15) is 23.3 Å². The van der Waals surface area contributed by atoms with Crippen LogP contribution in [0, 0.1) is 13.8 Å². The van der Waals surface area contributed by atoms with Crippen molar-refractivity contribution >= 4 is 16.9 Å². The first-order chi connectivity index (χ1) is 18.3. The Morgan fingerprint density at radius 3 is 2.13 bits per heavy atom. The van der Waals surface area contributed by atoms with Gasteiger partial charge in [-0.2, -0.15) is 0 Å². The molecule has 38 heavy (non-hydrogen) atoms. The highest BCUT2D eigenvalue weighted by Gasteiger charge is 2.20. The van der Waals surface area contributed by atoms with E-state index in [4.69, 9.17) is 28.1 Å². The molecule has 0 aliphatic carbocycles. The van der Waals surface area contributed by atoms with Crippen molar-refractivity contribution in [2.75, 3.05) is 19.8 Å². The standard InChI is InChI=1S/C30H30O8/c1-6-33-25-14-20(15-26(34-7-2)29(25)35-8-3)30(32)37-21-11-12-22-24(16-21)36-17-27(28(22)31)38-23-13-18(4)9-10-19(23)5/h9-17H,6-8H2,1-5H3. The van der Waals surface area contributed by atoms with E-state index in [-0.39, 0.29) is 28.1 Å². The molecular formula is C30H30O8. The van der Waals surface area contributed by atoms with Gasteiger partial charge in [-0.1, -0.05) is 12.1 Å². The molecule has 8 heteroatoms. The molecule has 0 aliphatic heterocycles. The third kappa shape index (κ3) is 5.75. The first-order valence-corrected chi connectivity index (χ1v) is 12.4. The summed E-state index contributed by atoms with van der Waals surface area (Å²) in [6.45, 7) is 10.5. The minimum atomic E-state index is -0.633. The Kier molecular flexibility index (Phi) is 8.21. The van der Waals surface area contributed by atoms with Crippen molar-refractivity contribution in [3.8, 4) is 34.5 Å². The zero-order chi connectivity index (χ0) is 27.2. The van der Waals surface area contributed by atoms with Crippen LogP contribution >= 0.6 is 0 Å². The van der Waals surface area contributed by atoms with Gasteiger partial charge in [0.05, 0.1) is 30.8 Å². The maximum atomic E-state index is 13.0. The molecule has 0 unspecified atom stereocenters. The summed E-state index contributed by atoms with van der Waals surface area (Å²) >= 11 is 0. The van der Waals surface area contributed by atoms with Crippen molar-refractivity contribution < 1.29 is 32.9 Å². The molecule has 3 aromatic carbocycles. The fourth-order valence-electron chi connectivity index (χ4n) is 3.83. The van der Waals surface area contributed by atoms with E-state index in [0.29, 0.717) is 48.2 Å². The summed E-state index contributed by atoms with van der Waals surface area (Å²) in [5.41, 5.74) is 2.05. The lowest BCUT2D eigenvalue weighted by atomic mass is 10.1. The fourth-order valence-corrected chi connectivity index (χ4v) is 3.83. The Bertz CT molecular complexity index is 1490. The van der Waals surface area contributed by atoms with E-state index in [9.17, 15) is 9.59 Å². The number of rotatable bonds is 10. The van der Waals surface area contributed by atoms with Gasteiger partial charge in [-0.15, -0.1) is 0 Å². The van der Waals surface area contributed by atoms with Crippen molar-refractivity contribution in [1.29, 1.82) is 0 Å². The molecule has 0 spiro atoms. The summed E-state index contributed by atoms with van der Waals surface area (Å²) in [4.78, 5) is 26.1. The van der Waals surface area contributed by atoms with Crippen molar-refractivity contribution in [2.45, 2.75) is 34.6 Å². The normalized spacial score (nSPS) is 10.8.